The molecule has 0 rings (SSSR count). The van der Waals surface area contributed by atoms with Crippen LogP contribution in [0.25, 0.3) is 0 Å². The summed E-state index contributed by atoms with van der Waals surface area (Å²) >= 11 is 0. The summed E-state index contributed by atoms with van der Waals surface area (Å²) in [6.45, 7) is 6.23. The molecule has 0 spiro atoms. The third-order valence-corrected chi connectivity index (χ3v) is 1.51. The molecule has 0 saturated carbocycles. The van der Waals surface area contributed by atoms with Crippen LogP contribution in [0.3, 0.4) is 0 Å². The minimum absolute atomic E-state index is 0.124. The van der Waals surface area contributed by atoms with Gasteiger partial charge in [0.2, 0.25) is 0 Å². The molecule has 0 aromatic heterocycles. The maximum Gasteiger partial charge on any atom is 0.305 e. The number of esters is 1. The fraction of sp³-hybridized carbons (Fsp3) is 0.889. The zero-order chi connectivity index (χ0) is 9.40. The van der Waals surface area contributed by atoms with Gasteiger partial charge < -0.3 is 10.1 Å². The molecule has 0 unspecified atom stereocenters. The van der Waals surface area contributed by atoms with Gasteiger partial charge in [0, 0.05) is 6.42 Å². The lowest BCUT2D eigenvalue weighted by molar-refractivity contribution is -0.140. The van der Waals surface area contributed by atoms with Crippen molar-refractivity contribution in [2.75, 3.05) is 20.2 Å². The Hall–Kier alpha value is -0.570. The van der Waals surface area contributed by atoms with Gasteiger partial charge in [-0.05, 0) is 25.4 Å². The fourth-order valence-corrected chi connectivity index (χ4v) is 0.851. The van der Waals surface area contributed by atoms with Crippen LogP contribution in [0.2, 0.25) is 0 Å². The van der Waals surface area contributed by atoms with E-state index in [1.54, 1.807) is 0 Å². The van der Waals surface area contributed by atoms with Gasteiger partial charge in [-0.2, -0.15) is 0 Å². The van der Waals surface area contributed by atoms with Crippen molar-refractivity contribution in [2.45, 2.75) is 26.7 Å². The van der Waals surface area contributed by atoms with Gasteiger partial charge in [-0.25, -0.2) is 0 Å². The molecule has 3 heteroatoms. The summed E-state index contributed by atoms with van der Waals surface area (Å²) in [6, 6.07) is 0. The molecule has 1 N–H and O–H groups in total. The molecule has 0 heterocycles. The number of ether oxygens (including phenoxy) is 1. The molecule has 0 radical (unpaired) electrons. The van der Waals surface area contributed by atoms with Crippen molar-refractivity contribution in [1.29, 1.82) is 0 Å². The van der Waals surface area contributed by atoms with Crippen LogP contribution < -0.4 is 5.32 Å². The molecule has 0 aliphatic carbocycles. The van der Waals surface area contributed by atoms with Crippen molar-refractivity contribution in [3.05, 3.63) is 0 Å². The summed E-state index contributed by atoms with van der Waals surface area (Å²) < 4.78 is 4.51. The van der Waals surface area contributed by atoms with Gasteiger partial charge >= 0.3 is 5.97 Å². The largest absolute Gasteiger partial charge is 0.469 e. The van der Waals surface area contributed by atoms with E-state index in [0.29, 0.717) is 12.3 Å². The second kappa shape index (κ2) is 7.10. The summed E-state index contributed by atoms with van der Waals surface area (Å²) in [7, 11) is 1.42. The van der Waals surface area contributed by atoms with Crippen molar-refractivity contribution in [3.63, 3.8) is 0 Å². The van der Waals surface area contributed by atoms with Gasteiger partial charge in [-0.1, -0.05) is 13.8 Å². The van der Waals surface area contributed by atoms with E-state index in [1.807, 2.05) is 0 Å². The lowest BCUT2D eigenvalue weighted by atomic mass is 10.2. The van der Waals surface area contributed by atoms with E-state index in [4.69, 9.17) is 0 Å². The second-order valence-corrected chi connectivity index (χ2v) is 3.28. The zero-order valence-electron chi connectivity index (χ0n) is 8.22. The predicted molar refractivity (Wildman–Crippen MR) is 49.0 cm³/mol. The number of hydrogen-bond acceptors (Lipinski definition) is 3. The van der Waals surface area contributed by atoms with E-state index in [-0.39, 0.29) is 5.97 Å². The van der Waals surface area contributed by atoms with Gasteiger partial charge in [0.15, 0.2) is 0 Å². The van der Waals surface area contributed by atoms with Crippen LogP contribution in [0.5, 0.6) is 0 Å². The highest BCUT2D eigenvalue weighted by Gasteiger charge is 1.98. The minimum Gasteiger partial charge on any atom is -0.469 e. The molecule has 0 bridgehead atoms. The second-order valence-electron chi connectivity index (χ2n) is 3.28. The zero-order valence-corrected chi connectivity index (χ0v) is 8.22. The number of methoxy groups -OCH3 is 1. The Balaban J connectivity index is 3.05. The number of rotatable bonds is 6. The average Bonchev–Trinajstić information content (AvgIpc) is 2.03. The summed E-state index contributed by atoms with van der Waals surface area (Å²) in [5.41, 5.74) is 0. The molecule has 0 aliphatic heterocycles. The Labute approximate surface area is 74.5 Å². The molecule has 0 aromatic carbocycles. The quantitative estimate of drug-likeness (QED) is 0.484. The van der Waals surface area contributed by atoms with Gasteiger partial charge in [0.25, 0.3) is 0 Å². The SMILES string of the molecule is COC(=O)CCCNCC(C)C. The first kappa shape index (κ1) is 11.4. The van der Waals surface area contributed by atoms with Gasteiger partial charge in [0.1, 0.15) is 0 Å². The Morgan fingerprint density at radius 2 is 2.17 bits per heavy atom. The molecule has 0 amide bonds. The first-order valence-corrected chi connectivity index (χ1v) is 4.44. The number of carbonyl (C=O) groups excluding carboxylic acids is 1. The van der Waals surface area contributed by atoms with E-state index >= 15 is 0 Å². The number of nitrogens with one attached hydrogen (secondary N) is 1. The predicted octanol–water partition coefficient (Wildman–Crippen LogP) is 1.19. The summed E-state index contributed by atoms with van der Waals surface area (Å²) in [5, 5.41) is 3.26. The summed E-state index contributed by atoms with van der Waals surface area (Å²) in [5.74, 6) is 0.546. The van der Waals surface area contributed by atoms with Gasteiger partial charge in [-0.15, -0.1) is 0 Å². The highest BCUT2D eigenvalue weighted by molar-refractivity contribution is 5.68. The monoisotopic (exact) mass is 173 g/mol. The molecule has 0 aliphatic rings. The van der Waals surface area contributed by atoms with Crippen LogP contribution in [0.4, 0.5) is 0 Å². The van der Waals surface area contributed by atoms with Crippen molar-refractivity contribution < 1.29 is 9.53 Å². The standard InChI is InChI=1S/C9H19NO2/c1-8(2)7-10-6-4-5-9(11)12-3/h8,10H,4-7H2,1-3H3. The van der Waals surface area contributed by atoms with Crippen molar-refractivity contribution in [3.8, 4) is 0 Å². The summed E-state index contributed by atoms with van der Waals surface area (Å²) in [6.07, 6.45) is 1.38. The molecule has 12 heavy (non-hydrogen) atoms. The fourth-order valence-electron chi connectivity index (χ4n) is 0.851. The lowest BCUT2D eigenvalue weighted by Gasteiger charge is -2.05. The smallest absolute Gasteiger partial charge is 0.305 e. The Bertz CT molecular complexity index is 124. The van der Waals surface area contributed by atoms with Crippen molar-refractivity contribution in [2.24, 2.45) is 5.92 Å². The molecule has 0 atom stereocenters. The molecule has 0 aromatic rings. The summed E-state index contributed by atoms with van der Waals surface area (Å²) in [4.78, 5) is 10.7. The van der Waals surface area contributed by atoms with Crippen LogP contribution in [-0.4, -0.2) is 26.2 Å². The topological polar surface area (TPSA) is 38.3 Å². The van der Waals surface area contributed by atoms with E-state index in [2.05, 4.69) is 23.9 Å². The Morgan fingerprint density at radius 3 is 2.67 bits per heavy atom. The van der Waals surface area contributed by atoms with Crippen molar-refractivity contribution in [1.82, 2.24) is 5.32 Å². The third kappa shape index (κ3) is 7.54. The Morgan fingerprint density at radius 1 is 1.50 bits per heavy atom. The molecular weight excluding hydrogens is 154 g/mol. The highest BCUT2D eigenvalue weighted by Crippen LogP contribution is 1.91. The van der Waals surface area contributed by atoms with E-state index < -0.39 is 0 Å². The molecular formula is C9H19NO2. The number of hydrogen-bond donors (Lipinski definition) is 1. The third-order valence-electron chi connectivity index (χ3n) is 1.51. The van der Waals surface area contributed by atoms with Crippen LogP contribution in [-0.2, 0) is 9.53 Å². The van der Waals surface area contributed by atoms with Crippen LogP contribution in [0, 0.1) is 5.92 Å². The maximum absolute atomic E-state index is 10.7. The molecule has 0 saturated heterocycles. The van der Waals surface area contributed by atoms with Gasteiger partial charge in [-0.3, -0.25) is 4.79 Å². The molecule has 3 nitrogen and oxygen atoms in total. The van der Waals surface area contributed by atoms with Crippen LogP contribution >= 0.6 is 0 Å². The average molecular weight is 173 g/mol. The van der Waals surface area contributed by atoms with Gasteiger partial charge in [0.05, 0.1) is 7.11 Å². The number of carbonyl (C=O) groups is 1. The first-order valence-electron chi connectivity index (χ1n) is 4.44. The minimum atomic E-state index is -0.124. The lowest BCUT2D eigenvalue weighted by Crippen LogP contribution is -2.21. The van der Waals surface area contributed by atoms with Crippen LogP contribution in [0.15, 0.2) is 0 Å². The maximum atomic E-state index is 10.7. The molecule has 0 fully saturated rings. The highest BCUT2D eigenvalue weighted by atomic mass is 16.5. The first-order chi connectivity index (χ1) is 5.66. The van der Waals surface area contributed by atoms with E-state index in [9.17, 15) is 4.79 Å². The normalized spacial score (nSPS) is 10.3. The van der Waals surface area contributed by atoms with Crippen molar-refractivity contribution >= 4 is 5.97 Å². The van der Waals surface area contributed by atoms with E-state index in [0.717, 1.165) is 19.5 Å². The Kier molecular flexibility index (Phi) is 6.76. The van der Waals surface area contributed by atoms with Crippen LogP contribution in [0.1, 0.15) is 26.7 Å². The molecule has 72 valence electrons. The van der Waals surface area contributed by atoms with E-state index in [1.165, 1.54) is 7.11 Å².